The lowest BCUT2D eigenvalue weighted by Crippen LogP contribution is -2.42. The van der Waals surface area contributed by atoms with Crippen LogP contribution in [0.1, 0.15) is 34.6 Å². The zero-order valence-corrected chi connectivity index (χ0v) is 17.5. The smallest absolute Gasteiger partial charge is 0.257 e. The Balaban J connectivity index is 1.44. The lowest BCUT2D eigenvalue weighted by Gasteiger charge is -2.35. The number of benzene rings is 1. The molecule has 7 nitrogen and oxygen atoms in total. The monoisotopic (exact) mass is 412 g/mol. The summed E-state index contributed by atoms with van der Waals surface area (Å²) in [6, 6.07) is 8.50. The number of ether oxygens (including phenoxy) is 2. The maximum absolute atomic E-state index is 13.0. The van der Waals surface area contributed by atoms with Gasteiger partial charge in [-0.3, -0.25) is 9.78 Å². The molecule has 1 aromatic carbocycles. The van der Waals surface area contributed by atoms with Crippen LogP contribution >= 0.6 is 0 Å². The molecule has 0 spiro atoms. The number of amides is 1. The maximum Gasteiger partial charge on any atom is 0.257 e. The number of pyridine rings is 1. The molecule has 1 saturated carbocycles. The van der Waals surface area contributed by atoms with E-state index in [0.717, 1.165) is 11.4 Å². The highest BCUT2D eigenvalue weighted by atomic mass is 16.5. The summed E-state index contributed by atoms with van der Waals surface area (Å²) in [7, 11) is 1.51. The van der Waals surface area contributed by atoms with Crippen LogP contribution in [0.4, 0.5) is 0 Å². The normalized spacial score (nSPS) is 25.7. The van der Waals surface area contributed by atoms with E-state index >= 15 is 0 Å². The number of carbonyl (C=O) groups is 1. The maximum atomic E-state index is 13.0. The standard InChI is InChI=1S/C23H28N2O5/c1-13-4-7-21(14(2)24-13)30-22-9-16-12-25(11-15(16)8-20(22)27)23(28)18-6-5-17(29-3)10-19(18)26/h4-7,10,15-16,20,22,26-27H,8-9,11-12H2,1-3H3/t15-,16+,20+,22+/m0/s1. The Morgan fingerprint density at radius 1 is 1.13 bits per heavy atom. The Labute approximate surface area is 176 Å². The average molecular weight is 412 g/mol. The fourth-order valence-electron chi connectivity index (χ4n) is 4.63. The summed E-state index contributed by atoms with van der Waals surface area (Å²) in [6.45, 7) is 5.00. The van der Waals surface area contributed by atoms with E-state index < -0.39 is 6.10 Å². The molecule has 2 heterocycles. The van der Waals surface area contributed by atoms with Crippen molar-refractivity contribution in [1.82, 2.24) is 9.88 Å². The Kier molecular flexibility index (Phi) is 5.56. The van der Waals surface area contributed by atoms with E-state index in [4.69, 9.17) is 9.47 Å². The number of aliphatic hydroxyl groups excluding tert-OH is 1. The van der Waals surface area contributed by atoms with Crippen LogP contribution in [0.15, 0.2) is 30.3 Å². The molecular weight excluding hydrogens is 384 g/mol. The molecule has 2 fully saturated rings. The molecule has 2 aliphatic rings. The predicted octanol–water partition coefficient (Wildman–Crippen LogP) is 2.70. The second-order valence-electron chi connectivity index (χ2n) is 8.34. The zero-order valence-electron chi connectivity index (χ0n) is 17.5. The first-order chi connectivity index (χ1) is 14.4. The number of nitrogens with zero attached hydrogens (tertiary/aromatic N) is 2. The number of carbonyl (C=O) groups excluding carboxylic acids is 1. The van der Waals surface area contributed by atoms with Gasteiger partial charge in [-0.15, -0.1) is 0 Å². The number of phenolic OH excluding ortho intramolecular Hbond substituents is 1. The minimum absolute atomic E-state index is 0.0854. The molecular formula is C23H28N2O5. The summed E-state index contributed by atoms with van der Waals surface area (Å²) in [5.74, 6) is 1.39. The van der Waals surface area contributed by atoms with Gasteiger partial charge in [0.05, 0.1) is 24.5 Å². The van der Waals surface area contributed by atoms with E-state index in [1.807, 2.05) is 26.0 Å². The van der Waals surface area contributed by atoms with Crippen molar-refractivity contribution in [3.63, 3.8) is 0 Å². The predicted molar refractivity (Wildman–Crippen MR) is 111 cm³/mol. The van der Waals surface area contributed by atoms with Gasteiger partial charge in [0.2, 0.25) is 0 Å². The van der Waals surface area contributed by atoms with Gasteiger partial charge in [0, 0.05) is 24.8 Å². The SMILES string of the molecule is COc1ccc(C(=O)N2C[C@H]3C[C@@H](Oc4ccc(C)nc4C)[C@H](O)C[C@H]3C2)c(O)c1. The van der Waals surface area contributed by atoms with Crippen LogP contribution in [0.3, 0.4) is 0 Å². The largest absolute Gasteiger partial charge is 0.507 e. The highest BCUT2D eigenvalue weighted by molar-refractivity contribution is 5.97. The Morgan fingerprint density at radius 2 is 1.87 bits per heavy atom. The van der Waals surface area contributed by atoms with Crippen LogP contribution in [-0.4, -0.2) is 58.4 Å². The van der Waals surface area contributed by atoms with Crippen molar-refractivity contribution < 1.29 is 24.5 Å². The summed E-state index contributed by atoms with van der Waals surface area (Å²) >= 11 is 0. The van der Waals surface area contributed by atoms with E-state index in [9.17, 15) is 15.0 Å². The van der Waals surface area contributed by atoms with Gasteiger partial charge in [0.15, 0.2) is 0 Å². The van der Waals surface area contributed by atoms with Crippen LogP contribution < -0.4 is 9.47 Å². The molecule has 1 aliphatic carbocycles. The molecule has 0 unspecified atom stereocenters. The van der Waals surface area contributed by atoms with E-state index in [1.54, 1.807) is 17.0 Å². The molecule has 1 aliphatic heterocycles. The lowest BCUT2D eigenvalue weighted by molar-refractivity contribution is -0.0236. The number of methoxy groups -OCH3 is 1. The van der Waals surface area contributed by atoms with Crippen molar-refractivity contribution in [3.05, 3.63) is 47.3 Å². The lowest BCUT2D eigenvalue weighted by atomic mass is 9.78. The molecule has 0 bridgehead atoms. The molecule has 2 aromatic rings. The fraction of sp³-hybridized carbons (Fsp3) is 0.478. The van der Waals surface area contributed by atoms with Gasteiger partial charge in [-0.25, -0.2) is 0 Å². The van der Waals surface area contributed by atoms with Crippen molar-refractivity contribution in [2.24, 2.45) is 11.8 Å². The van der Waals surface area contributed by atoms with Gasteiger partial charge in [-0.1, -0.05) is 0 Å². The Morgan fingerprint density at radius 3 is 2.53 bits per heavy atom. The molecule has 160 valence electrons. The number of phenols is 1. The van der Waals surface area contributed by atoms with Crippen LogP contribution in [0.25, 0.3) is 0 Å². The minimum atomic E-state index is -0.587. The first-order valence-corrected chi connectivity index (χ1v) is 10.3. The Hall–Kier alpha value is -2.80. The number of aliphatic hydroxyl groups is 1. The van der Waals surface area contributed by atoms with Gasteiger partial charge < -0.3 is 24.6 Å². The fourth-order valence-corrected chi connectivity index (χ4v) is 4.63. The van der Waals surface area contributed by atoms with Gasteiger partial charge in [0.1, 0.15) is 23.4 Å². The molecule has 0 radical (unpaired) electrons. The molecule has 1 aromatic heterocycles. The van der Waals surface area contributed by atoms with Crippen LogP contribution in [0, 0.1) is 25.7 Å². The number of fused-ring (bicyclic) bond motifs is 1. The third kappa shape index (κ3) is 3.94. The number of hydrogen-bond donors (Lipinski definition) is 2. The first kappa shape index (κ1) is 20.5. The molecule has 30 heavy (non-hydrogen) atoms. The molecule has 2 N–H and O–H groups in total. The van der Waals surface area contributed by atoms with E-state index in [2.05, 4.69) is 4.98 Å². The van der Waals surface area contributed by atoms with Gasteiger partial charge in [-0.05, 0) is 62.8 Å². The second-order valence-corrected chi connectivity index (χ2v) is 8.34. The van der Waals surface area contributed by atoms with E-state index in [-0.39, 0.29) is 35.2 Å². The van der Waals surface area contributed by atoms with Crippen molar-refractivity contribution in [2.45, 2.75) is 38.9 Å². The summed E-state index contributed by atoms with van der Waals surface area (Å²) < 4.78 is 11.2. The third-order valence-corrected chi connectivity index (χ3v) is 6.26. The van der Waals surface area contributed by atoms with E-state index in [1.165, 1.54) is 13.2 Å². The number of rotatable bonds is 4. The molecule has 1 amide bonds. The highest BCUT2D eigenvalue weighted by Gasteiger charge is 2.44. The van der Waals surface area contributed by atoms with Crippen LogP contribution in [0.2, 0.25) is 0 Å². The average Bonchev–Trinajstić information content (AvgIpc) is 3.12. The summed E-state index contributed by atoms with van der Waals surface area (Å²) in [5.41, 5.74) is 2.00. The topological polar surface area (TPSA) is 92.1 Å². The Bertz CT molecular complexity index is 947. The van der Waals surface area contributed by atoms with Crippen LogP contribution in [-0.2, 0) is 0 Å². The number of aromatic nitrogens is 1. The molecule has 1 saturated heterocycles. The van der Waals surface area contributed by atoms with Crippen molar-refractivity contribution in [2.75, 3.05) is 20.2 Å². The number of likely N-dealkylation sites (tertiary alicyclic amines) is 1. The van der Waals surface area contributed by atoms with Gasteiger partial charge in [0.25, 0.3) is 5.91 Å². The highest BCUT2D eigenvalue weighted by Crippen LogP contribution is 2.39. The summed E-state index contributed by atoms with van der Waals surface area (Å²) in [6.07, 6.45) is 0.360. The quantitative estimate of drug-likeness (QED) is 0.802. The van der Waals surface area contributed by atoms with Crippen molar-refractivity contribution >= 4 is 5.91 Å². The van der Waals surface area contributed by atoms with Crippen LogP contribution in [0.5, 0.6) is 17.2 Å². The molecule has 7 heteroatoms. The van der Waals surface area contributed by atoms with Crippen molar-refractivity contribution in [3.8, 4) is 17.2 Å². The van der Waals surface area contributed by atoms with Crippen molar-refractivity contribution in [1.29, 1.82) is 0 Å². The van der Waals surface area contributed by atoms with Gasteiger partial charge in [-0.2, -0.15) is 0 Å². The summed E-state index contributed by atoms with van der Waals surface area (Å²) in [5, 5.41) is 20.9. The zero-order chi connectivity index (χ0) is 21.4. The molecule has 4 rings (SSSR count). The number of aryl methyl sites for hydroxylation is 2. The number of aromatic hydroxyl groups is 1. The third-order valence-electron chi connectivity index (χ3n) is 6.26. The number of hydrogen-bond acceptors (Lipinski definition) is 6. The second kappa shape index (κ2) is 8.14. The first-order valence-electron chi connectivity index (χ1n) is 10.3. The van der Waals surface area contributed by atoms with Gasteiger partial charge >= 0.3 is 0 Å². The van der Waals surface area contributed by atoms with E-state index in [0.29, 0.717) is 37.4 Å². The minimum Gasteiger partial charge on any atom is -0.507 e. The molecule has 4 atom stereocenters. The summed E-state index contributed by atoms with van der Waals surface area (Å²) in [4.78, 5) is 19.2.